The maximum Gasteiger partial charge on any atom is 0.180 e. The number of hydrogen-bond donors (Lipinski definition) is 3. The lowest BCUT2D eigenvalue weighted by Gasteiger charge is -2.16. The third kappa shape index (κ3) is 1.70. The van der Waals surface area contributed by atoms with Crippen LogP contribution in [0.2, 0.25) is 0 Å². The van der Waals surface area contributed by atoms with Crippen LogP contribution >= 0.6 is 0 Å². The van der Waals surface area contributed by atoms with Crippen LogP contribution < -0.4 is 10.6 Å². The lowest BCUT2D eigenvalue weighted by atomic mass is 10.3. The second kappa shape index (κ2) is 3.59. The predicted octanol–water partition coefficient (Wildman–Crippen LogP) is 0.708. The standard InChI is InChI=1S/C11H15N5O/c1-12-8-6-16-5-4-13-10(16)9(14-8)15-11(7-17)2-3-11/h4-6,12,17H,2-3,7H2,1H3,(H,14,15). The SMILES string of the molecule is CNc1cn2ccnc2c(NC2(CO)CC2)n1. The van der Waals surface area contributed by atoms with Crippen molar-refractivity contribution in [1.29, 1.82) is 0 Å². The van der Waals surface area contributed by atoms with Crippen LogP contribution in [0.25, 0.3) is 5.65 Å². The summed E-state index contributed by atoms with van der Waals surface area (Å²) in [4.78, 5) is 8.72. The topological polar surface area (TPSA) is 74.5 Å². The van der Waals surface area contributed by atoms with Crippen molar-refractivity contribution in [2.75, 3.05) is 24.3 Å². The number of nitrogens with one attached hydrogen (secondary N) is 2. The molecule has 6 nitrogen and oxygen atoms in total. The van der Waals surface area contributed by atoms with E-state index in [-0.39, 0.29) is 12.1 Å². The average molecular weight is 233 g/mol. The molecular weight excluding hydrogens is 218 g/mol. The summed E-state index contributed by atoms with van der Waals surface area (Å²) in [6.45, 7) is 0.130. The van der Waals surface area contributed by atoms with Gasteiger partial charge in [-0.1, -0.05) is 0 Å². The molecule has 17 heavy (non-hydrogen) atoms. The van der Waals surface area contributed by atoms with Crippen LogP contribution in [0.3, 0.4) is 0 Å². The number of nitrogens with zero attached hydrogens (tertiary/aromatic N) is 3. The van der Waals surface area contributed by atoms with Crippen LogP contribution in [-0.4, -0.2) is 38.7 Å². The van der Waals surface area contributed by atoms with E-state index in [0.29, 0.717) is 5.82 Å². The van der Waals surface area contributed by atoms with Gasteiger partial charge in [-0.05, 0) is 12.8 Å². The minimum atomic E-state index is -0.189. The number of imidazole rings is 1. The molecule has 1 aliphatic carbocycles. The molecule has 2 heterocycles. The highest BCUT2D eigenvalue weighted by Gasteiger charge is 2.42. The number of rotatable bonds is 4. The maximum absolute atomic E-state index is 9.33. The van der Waals surface area contributed by atoms with E-state index < -0.39 is 0 Å². The first-order valence-corrected chi connectivity index (χ1v) is 5.67. The van der Waals surface area contributed by atoms with Crippen molar-refractivity contribution < 1.29 is 5.11 Å². The molecule has 0 bridgehead atoms. The summed E-state index contributed by atoms with van der Waals surface area (Å²) in [7, 11) is 1.83. The van der Waals surface area contributed by atoms with Gasteiger partial charge in [0.1, 0.15) is 5.82 Å². The molecule has 0 unspecified atom stereocenters. The largest absolute Gasteiger partial charge is 0.394 e. The molecule has 1 saturated carbocycles. The normalized spacial score (nSPS) is 17.1. The van der Waals surface area contributed by atoms with Gasteiger partial charge in [0, 0.05) is 19.4 Å². The van der Waals surface area contributed by atoms with Crippen molar-refractivity contribution in [2.45, 2.75) is 18.4 Å². The molecule has 0 atom stereocenters. The molecule has 0 saturated heterocycles. The molecule has 0 aliphatic heterocycles. The Morgan fingerprint density at radius 3 is 3.00 bits per heavy atom. The Morgan fingerprint density at radius 1 is 1.53 bits per heavy atom. The Kier molecular flexibility index (Phi) is 2.19. The van der Waals surface area contributed by atoms with Gasteiger partial charge in [0.15, 0.2) is 11.5 Å². The van der Waals surface area contributed by atoms with Crippen molar-refractivity contribution in [3.63, 3.8) is 0 Å². The van der Waals surface area contributed by atoms with Gasteiger partial charge in [-0.15, -0.1) is 0 Å². The van der Waals surface area contributed by atoms with Crippen LogP contribution in [-0.2, 0) is 0 Å². The zero-order chi connectivity index (χ0) is 11.9. The molecule has 6 heteroatoms. The third-order valence-electron chi connectivity index (χ3n) is 3.17. The van der Waals surface area contributed by atoms with Gasteiger partial charge in [0.2, 0.25) is 0 Å². The Balaban J connectivity index is 2.04. The molecule has 1 fully saturated rings. The molecule has 1 aliphatic rings. The van der Waals surface area contributed by atoms with Gasteiger partial charge in [-0.3, -0.25) is 0 Å². The first-order chi connectivity index (χ1) is 8.26. The van der Waals surface area contributed by atoms with E-state index in [4.69, 9.17) is 0 Å². The first-order valence-electron chi connectivity index (χ1n) is 5.67. The van der Waals surface area contributed by atoms with Crippen LogP contribution in [0.15, 0.2) is 18.6 Å². The highest BCUT2D eigenvalue weighted by Crippen LogP contribution is 2.38. The van der Waals surface area contributed by atoms with Gasteiger partial charge >= 0.3 is 0 Å². The van der Waals surface area contributed by atoms with Crippen molar-refractivity contribution in [1.82, 2.24) is 14.4 Å². The van der Waals surface area contributed by atoms with E-state index in [9.17, 15) is 5.11 Å². The molecule has 0 spiro atoms. The summed E-state index contributed by atoms with van der Waals surface area (Å²) in [6, 6.07) is 0. The van der Waals surface area contributed by atoms with Crippen molar-refractivity contribution in [3.8, 4) is 0 Å². The Morgan fingerprint density at radius 2 is 2.35 bits per heavy atom. The Hall–Kier alpha value is -1.82. The summed E-state index contributed by atoms with van der Waals surface area (Å²) in [6.07, 6.45) is 7.44. The lowest BCUT2D eigenvalue weighted by molar-refractivity contribution is 0.266. The molecular formula is C11H15N5O. The molecule has 90 valence electrons. The smallest absolute Gasteiger partial charge is 0.180 e. The fourth-order valence-corrected chi connectivity index (χ4v) is 1.86. The number of aliphatic hydroxyl groups is 1. The van der Waals surface area contributed by atoms with Crippen molar-refractivity contribution >= 4 is 17.3 Å². The Labute approximate surface area is 98.7 Å². The van der Waals surface area contributed by atoms with Crippen molar-refractivity contribution in [3.05, 3.63) is 18.6 Å². The van der Waals surface area contributed by atoms with Gasteiger partial charge in [-0.2, -0.15) is 0 Å². The van der Waals surface area contributed by atoms with Crippen LogP contribution in [0.5, 0.6) is 0 Å². The molecule has 0 aromatic carbocycles. The molecule has 2 aromatic rings. The molecule has 2 aromatic heterocycles. The quantitative estimate of drug-likeness (QED) is 0.725. The summed E-state index contributed by atoms with van der Waals surface area (Å²) >= 11 is 0. The van der Waals surface area contributed by atoms with Gasteiger partial charge in [0.05, 0.1) is 18.3 Å². The minimum Gasteiger partial charge on any atom is -0.394 e. The molecule has 3 rings (SSSR count). The first kappa shape index (κ1) is 10.3. The number of aliphatic hydroxyl groups excluding tert-OH is 1. The highest BCUT2D eigenvalue weighted by atomic mass is 16.3. The van der Waals surface area contributed by atoms with Crippen LogP contribution in [0.1, 0.15) is 12.8 Å². The van der Waals surface area contributed by atoms with Gasteiger partial charge in [0.25, 0.3) is 0 Å². The maximum atomic E-state index is 9.33. The number of hydrogen-bond acceptors (Lipinski definition) is 5. The summed E-state index contributed by atoms with van der Waals surface area (Å²) in [5, 5.41) is 15.6. The average Bonchev–Trinajstić information content (AvgIpc) is 2.96. The number of anilines is 2. The lowest BCUT2D eigenvalue weighted by Crippen LogP contribution is -2.26. The predicted molar refractivity (Wildman–Crippen MR) is 65.2 cm³/mol. The number of fused-ring (bicyclic) bond motifs is 1. The van der Waals surface area contributed by atoms with E-state index in [2.05, 4.69) is 20.6 Å². The zero-order valence-corrected chi connectivity index (χ0v) is 9.64. The van der Waals surface area contributed by atoms with E-state index in [0.717, 1.165) is 24.3 Å². The molecule has 0 radical (unpaired) electrons. The van der Waals surface area contributed by atoms with E-state index in [1.807, 2.05) is 23.8 Å². The molecule has 3 N–H and O–H groups in total. The minimum absolute atomic E-state index is 0.130. The molecule has 0 amide bonds. The fourth-order valence-electron chi connectivity index (χ4n) is 1.86. The second-order valence-corrected chi connectivity index (χ2v) is 4.45. The third-order valence-corrected chi connectivity index (χ3v) is 3.17. The van der Waals surface area contributed by atoms with E-state index in [1.54, 1.807) is 6.20 Å². The van der Waals surface area contributed by atoms with Crippen LogP contribution in [0.4, 0.5) is 11.6 Å². The van der Waals surface area contributed by atoms with Crippen LogP contribution in [0, 0.1) is 0 Å². The van der Waals surface area contributed by atoms with E-state index >= 15 is 0 Å². The Bertz CT molecular complexity index is 546. The zero-order valence-electron chi connectivity index (χ0n) is 9.64. The second-order valence-electron chi connectivity index (χ2n) is 4.45. The summed E-state index contributed by atoms with van der Waals surface area (Å²) in [5.41, 5.74) is 0.593. The highest BCUT2D eigenvalue weighted by molar-refractivity contribution is 5.66. The summed E-state index contributed by atoms with van der Waals surface area (Å²) in [5.74, 6) is 1.49. The van der Waals surface area contributed by atoms with E-state index in [1.165, 1.54) is 0 Å². The van der Waals surface area contributed by atoms with Gasteiger partial charge in [-0.25, -0.2) is 9.97 Å². The summed E-state index contributed by atoms with van der Waals surface area (Å²) < 4.78 is 1.91. The van der Waals surface area contributed by atoms with Gasteiger partial charge < -0.3 is 20.1 Å². The fraction of sp³-hybridized carbons (Fsp3) is 0.455. The number of aromatic nitrogens is 3. The monoisotopic (exact) mass is 233 g/mol. The van der Waals surface area contributed by atoms with Crippen molar-refractivity contribution in [2.24, 2.45) is 0 Å².